The van der Waals surface area contributed by atoms with Crippen LogP contribution in [-0.4, -0.2) is 34.1 Å². The van der Waals surface area contributed by atoms with Crippen LogP contribution in [0.2, 0.25) is 0 Å². The van der Waals surface area contributed by atoms with Gasteiger partial charge in [-0.25, -0.2) is 0 Å². The highest BCUT2D eigenvalue weighted by Gasteiger charge is 2.83. The second-order valence-corrected chi connectivity index (χ2v) is 11.5. The van der Waals surface area contributed by atoms with Crippen LogP contribution in [0.15, 0.2) is 0 Å². The molecule has 25 heavy (non-hydrogen) atoms. The molecule has 2 N–H and O–H groups in total. The smallest absolute Gasteiger partial charge is 0.126 e. The second kappa shape index (κ2) is 4.47. The lowest BCUT2D eigenvalue weighted by Gasteiger charge is -2.70. The normalized spacial score (nSPS) is 64.7. The summed E-state index contributed by atoms with van der Waals surface area (Å²) in [5.74, 6) is 1.07. The standard InChI is InChI=1S/C22H36O3/c1-18(2)13-6-10-20(4)14(19(13,3)9-7-15(18)23)12-16(24)22-17(25-22)8-11-21(20,22)5/h13-17,23-24H,6-12H2,1-5H3/t13-,14+,15-,16+,17-,19-,20+,21-,22-/m0/s1. The molecule has 5 aliphatic rings. The SMILES string of the molecule is CC1(C)[C@@H](O)CC[C@]2(C)[C@H]3C[C@@H](O)[C@]45O[C@H]4CC[C@@]5(C)[C@]3(C)CC[C@@H]12. The van der Waals surface area contributed by atoms with Crippen LogP contribution < -0.4 is 0 Å². The van der Waals surface area contributed by atoms with Crippen LogP contribution in [0, 0.1) is 33.5 Å². The molecule has 0 aromatic carbocycles. The summed E-state index contributed by atoms with van der Waals surface area (Å²) in [6.07, 6.45) is 7.46. The Morgan fingerprint density at radius 1 is 0.800 bits per heavy atom. The molecule has 0 aromatic heterocycles. The molecule has 4 saturated carbocycles. The van der Waals surface area contributed by atoms with E-state index in [1.165, 1.54) is 19.3 Å². The van der Waals surface area contributed by atoms with Crippen molar-refractivity contribution in [3.63, 3.8) is 0 Å². The first-order chi connectivity index (χ1) is 11.5. The Kier molecular flexibility index (Phi) is 3.04. The Morgan fingerprint density at radius 3 is 2.20 bits per heavy atom. The van der Waals surface area contributed by atoms with Crippen molar-refractivity contribution in [2.24, 2.45) is 33.5 Å². The molecule has 142 valence electrons. The van der Waals surface area contributed by atoms with Crippen molar-refractivity contribution in [2.45, 2.75) is 103 Å². The molecule has 1 saturated heterocycles. The van der Waals surface area contributed by atoms with E-state index in [9.17, 15) is 10.2 Å². The van der Waals surface area contributed by atoms with Gasteiger partial charge in [0.15, 0.2) is 0 Å². The number of aliphatic hydroxyl groups excluding tert-OH is 2. The van der Waals surface area contributed by atoms with Crippen LogP contribution in [0.1, 0.15) is 79.6 Å². The maximum absolute atomic E-state index is 11.2. The van der Waals surface area contributed by atoms with Crippen LogP contribution in [0.3, 0.4) is 0 Å². The van der Waals surface area contributed by atoms with Crippen molar-refractivity contribution in [3.8, 4) is 0 Å². The van der Waals surface area contributed by atoms with E-state index in [1.807, 2.05) is 0 Å². The van der Waals surface area contributed by atoms with Crippen LogP contribution in [-0.2, 0) is 4.74 Å². The number of hydrogen-bond donors (Lipinski definition) is 2. The average Bonchev–Trinajstić information content (AvgIpc) is 3.20. The van der Waals surface area contributed by atoms with E-state index in [1.54, 1.807) is 0 Å². The molecule has 4 aliphatic carbocycles. The van der Waals surface area contributed by atoms with Gasteiger partial charge in [0.1, 0.15) is 5.60 Å². The summed E-state index contributed by atoms with van der Waals surface area (Å²) >= 11 is 0. The van der Waals surface area contributed by atoms with Crippen LogP contribution in [0.5, 0.6) is 0 Å². The maximum Gasteiger partial charge on any atom is 0.126 e. The van der Waals surface area contributed by atoms with Gasteiger partial charge in [0.05, 0.1) is 18.3 Å². The number of fused-ring (bicyclic) bond motifs is 4. The minimum Gasteiger partial charge on any atom is -0.393 e. The predicted octanol–water partition coefficient (Wildman–Crippen LogP) is 3.91. The van der Waals surface area contributed by atoms with Crippen molar-refractivity contribution >= 4 is 0 Å². The first-order valence-electron chi connectivity index (χ1n) is 10.6. The molecule has 1 heterocycles. The molecule has 0 bridgehead atoms. The average molecular weight is 349 g/mol. The molecule has 1 aliphatic heterocycles. The van der Waals surface area contributed by atoms with E-state index in [0.29, 0.717) is 17.9 Å². The van der Waals surface area contributed by atoms with Crippen molar-refractivity contribution < 1.29 is 14.9 Å². The third-order valence-electron chi connectivity index (χ3n) is 10.8. The van der Waals surface area contributed by atoms with Gasteiger partial charge >= 0.3 is 0 Å². The molecule has 0 radical (unpaired) electrons. The highest BCUT2D eigenvalue weighted by atomic mass is 16.6. The Balaban J connectivity index is 1.61. The summed E-state index contributed by atoms with van der Waals surface area (Å²) < 4.78 is 6.21. The van der Waals surface area contributed by atoms with Crippen molar-refractivity contribution in [1.82, 2.24) is 0 Å². The van der Waals surface area contributed by atoms with Crippen LogP contribution in [0.4, 0.5) is 0 Å². The highest BCUT2D eigenvalue weighted by molar-refractivity contribution is 5.31. The van der Waals surface area contributed by atoms with Crippen LogP contribution >= 0.6 is 0 Å². The quantitative estimate of drug-likeness (QED) is 0.653. The number of hydrogen-bond acceptors (Lipinski definition) is 3. The molecule has 5 rings (SSSR count). The van der Waals surface area contributed by atoms with Crippen molar-refractivity contribution in [1.29, 1.82) is 0 Å². The molecular weight excluding hydrogens is 312 g/mol. The highest BCUT2D eigenvalue weighted by Crippen LogP contribution is 2.79. The summed E-state index contributed by atoms with van der Waals surface area (Å²) in [5, 5.41) is 21.9. The third-order valence-corrected chi connectivity index (χ3v) is 10.8. The molecular formula is C22H36O3. The number of aliphatic hydroxyl groups is 2. The van der Waals surface area contributed by atoms with Gasteiger partial charge in [-0.05, 0) is 73.0 Å². The summed E-state index contributed by atoms with van der Waals surface area (Å²) in [6.45, 7) is 12.0. The van der Waals surface area contributed by atoms with Gasteiger partial charge in [-0.15, -0.1) is 0 Å². The number of ether oxygens (including phenoxy) is 1. The predicted molar refractivity (Wildman–Crippen MR) is 97.0 cm³/mol. The fourth-order valence-corrected chi connectivity index (χ4v) is 9.10. The summed E-state index contributed by atoms with van der Waals surface area (Å²) in [4.78, 5) is 0. The van der Waals surface area contributed by atoms with Gasteiger partial charge in [0, 0.05) is 5.41 Å². The maximum atomic E-state index is 11.2. The fraction of sp³-hybridized carbons (Fsp3) is 1.00. The molecule has 1 spiro atoms. The molecule has 5 fully saturated rings. The van der Waals surface area contributed by atoms with E-state index in [2.05, 4.69) is 34.6 Å². The summed E-state index contributed by atoms with van der Waals surface area (Å²) in [5.41, 5.74) is 0.283. The van der Waals surface area contributed by atoms with Gasteiger partial charge in [-0.2, -0.15) is 0 Å². The molecule has 9 atom stereocenters. The molecule has 0 unspecified atom stereocenters. The lowest BCUT2D eigenvalue weighted by atomic mass is 9.35. The van der Waals surface area contributed by atoms with Crippen molar-refractivity contribution in [3.05, 3.63) is 0 Å². The molecule has 3 nitrogen and oxygen atoms in total. The Morgan fingerprint density at radius 2 is 1.52 bits per heavy atom. The van der Waals surface area contributed by atoms with Gasteiger partial charge in [0.2, 0.25) is 0 Å². The Bertz CT molecular complexity index is 616. The second-order valence-electron chi connectivity index (χ2n) is 11.5. The van der Waals surface area contributed by atoms with E-state index in [4.69, 9.17) is 4.74 Å². The Hall–Kier alpha value is -0.120. The van der Waals surface area contributed by atoms with E-state index >= 15 is 0 Å². The van der Waals surface area contributed by atoms with Gasteiger partial charge in [-0.3, -0.25) is 0 Å². The zero-order valence-electron chi connectivity index (χ0n) is 16.6. The van der Waals surface area contributed by atoms with Crippen molar-refractivity contribution in [2.75, 3.05) is 0 Å². The van der Waals surface area contributed by atoms with Gasteiger partial charge < -0.3 is 14.9 Å². The lowest BCUT2D eigenvalue weighted by Crippen LogP contribution is -2.68. The zero-order chi connectivity index (χ0) is 18.0. The van der Waals surface area contributed by atoms with E-state index in [0.717, 1.165) is 25.7 Å². The lowest BCUT2D eigenvalue weighted by molar-refractivity contribution is -0.247. The summed E-state index contributed by atoms with van der Waals surface area (Å²) in [7, 11) is 0. The zero-order valence-corrected chi connectivity index (χ0v) is 16.6. The summed E-state index contributed by atoms with van der Waals surface area (Å²) in [6, 6.07) is 0. The van der Waals surface area contributed by atoms with Gasteiger partial charge in [0.25, 0.3) is 0 Å². The first kappa shape index (κ1) is 17.0. The van der Waals surface area contributed by atoms with Crippen LogP contribution in [0.25, 0.3) is 0 Å². The minimum absolute atomic E-state index is 0.0242. The monoisotopic (exact) mass is 348 g/mol. The number of rotatable bonds is 0. The van der Waals surface area contributed by atoms with E-state index in [-0.39, 0.29) is 39.5 Å². The number of epoxide rings is 1. The molecule has 0 amide bonds. The topological polar surface area (TPSA) is 53.0 Å². The van der Waals surface area contributed by atoms with Gasteiger partial charge in [-0.1, -0.05) is 34.6 Å². The first-order valence-corrected chi connectivity index (χ1v) is 10.6. The largest absolute Gasteiger partial charge is 0.393 e. The van der Waals surface area contributed by atoms with E-state index < -0.39 is 0 Å². The molecule has 0 aromatic rings. The Labute approximate surface area is 152 Å². The minimum atomic E-state index is -0.311. The third kappa shape index (κ3) is 1.59. The fourth-order valence-electron chi connectivity index (χ4n) is 9.10. The molecule has 3 heteroatoms.